The van der Waals surface area contributed by atoms with Crippen molar-refractivity contribution in [3.8, 4) is 0 Å². The normalized spacial score (nSPS) is 25.9. The van der Waals surface area contributed by atoms with Crippen molar-refractivity contribution in [2.24, 2.45) is 5.92 Å². The van der Waals surface area contributed by atoms with Gasteiger partial charge in [-0.05, 0) is 25.3 Å². The molecule has 0 aromatic carbocycles. The van der Waals surface area contributed by atoms with Gasteiger partial charge in [-0.15, -0.1) is 10.2 Å². The molecule has 1 aliphatic rings. The Kier molecular flexibility index (Phi) is 4.29. The molecule has 0 saturated heterocycles. The Labute approximate surface area is 102 Å². The van der Waals surface area contributed by atoms with Crippen LogP contribution in [-0.4, -0.2) is 16.7 Å². The second-order valence-corrected chi connectivity index (χ2v) is 5.86. The third-order valence-electron chi connectivity index (χ3n) is 3.37. The van der Waals surface area contributed by atoms with E-state index in [-0.39, 0.29) is 0 Å². The summed E-state index contributed by atoms with van der Waals surface area (Å²) >= 11 is 1.80. The molecule has 1 aromatic rings. The van der Waals surface area contributed by atoms with E-state index in [2.05, 4.69) is 29.4 Å². The van der Waals surface area contributed by atoms with Gasteiger partial charge in [0.05, 0.1) is 0 Å². The van der Waals surface area contributed by atoms with Crippen LogP contribution in [0.25, 0.3) is 0 Å². The molecule has 2 rings (SSSR count). The summed E-state index contributed by atoms with van der Waals surface area (Å²) in [5, 5.41) is 14.3. The van der Waals surface area contributed by atoms with Gasteiger partial charge in [-0.2, -0.15) is 0 Å². The molecule has 16 heavy (non-hydrogen) atoms. The third kappa shape index (κ3) is 3.01. The maximum absolute atomic E-state index is 4.35. The van der Waals surface area contributed by atoms with Gasteiger partial charge in [0.15, 0.2) is 0 Å². The number of nitrogens with zero attached hydrogens (tertiary/aromatic N) is 2. The molecule has 1 fully saturated rings. The van der Waals surface area contributed by atoms with E-state index in [1.807, 2.05) is 0 Å². The van der Waals surface area contributed by atoms with Crippen molar-refractivity contribution in [1.82, 2.24) is 15.5 Å². The van der Waals surface area contributed by atoms with E-state index in [0.29, 0.717) is 5.92 Å². The monoisotopic (exact) mass is 239 g/mol. The van der Waals surface area contributed by atoms with Crippen molar-refractivity contribution in [2.75, 3.05) is 6.54 Å². The van der Waals surface area contributed by atoms with Crippen LogP contribution < -0.4 is 5.32 Å². The summed E-state index contributed by atoms with van der Waals surface area (Å²) in [6.45, 7) is 6.34. The lowest BCUT2D eigenvalue weighted by molar-refractivity contribution is 0.346. The molecule has 4 heteroatoms. The lowest BCUT2D eigenvalue weighted by Gasteiger charge is -2.23. The first kappa shape index (κ1) is 12.0. The Morgan fingerprint density at radius 3 is 2.69 bits per heavy atom. The zero-order valence-electron chi connectivity index (χ0n) is 10.2. The van der Waals surface area contributed by atoms with E-state index in [4.69, 9.17) is 0 Å². The smallest absolute Gasteiger partial charge is 0.131 e. The van der Waals surface area contributed by atoms with Crippen LogP contribution in [0.5, 0.6) is 0 Å². The summed E-state index contributed by atoms with van der Waals surface area (Å²) in [4.78, 5) is 0. The van der Waals surface area contributed by atoms with Gasteiger partial charge in [0.25, 0.3) is 0 Å². The lowest BCUT2D eigenvalue weighted by atomic mass is 9.83. The van der Waals surface area contributed by atoms with Crippen LogP contribution in [0.2, 0.25) is 0 Å². The highest BCUT2D eigenvalue weighted by molar-refractivity contribution is 7.11. The average molecular weight is 239 g/mol. The van der Waals surface area contributed by atoms with E-state index >= 15 is 0 Å². The summed E-state index contributed by atoms with van der Waals surface area (Å²) in [7, 11) is 0. The minimum absolute atomic E-state index is 0.684. The van der Waals surface area contributed by atoms with Crippen molar-refractivity contribution < 1.29 is 0 Å². The molecule has 0 atom stereocenters. The quantitative estimate of drug-likeness (QED) is 0.878. The number of hydrogen-bond acceptors (Lipinski definition) is 4. The van der Waals surface area contributed by atoms with Gasteiger partial charge in [-0.1, -0.05) is 38.0 Å². The summed E-state index contributed by atoms with van der Waals surface area (Å²) in [6.07, 6.45) is 5.31. The number of rotatable bonds is 4. The Bertz CT molecular complexity index is 316. The van der Waals surface area contributed by atoms with Crippen LogP contribution in [0, 0.1) is 5.92 Å². The van der Waals surface area contributed by atoms with E-state index in [1.165, 1.54) is 30.7 Å². The fourth-order valence-corrected chi connectivity index (χ4v) is 3.22. The summed E-state index contributed by atoms with van der Waals surface area (Å²) in [5.74, 6) is 1.59. The fraction of sp³-hybridized carbons (Fsp3) is 0.833. The molecule has 1 saturated carbocycles. The largest absolute Gasteiger partial charge is 0.311 e. The number of hydrogen-bond donors (Lipinski definition) is 1. The molecule has 0 bridgehead atoms. The SMILES string of the molecule is CCNCc1nnc(C2CCC(C)CC2)s1. The second kappa shape index (κ2) is 5.73. The molecule has 3 nitrogen and oxygen atoms in total. The first-order valence-corrected chi connectivity index (χ1v) is 7.14. The van der Waals surface area contributed by atoms with E-state index in [1.54, 1.807) is 11.3 Å². The first-order valence-electron chi connectivity index (χ1n) is 6.32. The second-order valence-electron chi connectivity index (χ2n) is 4.77. The maximum atomic E-state index is 4.35. The van der Waals surface area contributed by atoms with E-state index in [9.17, 15) is 0 Å². The zero-order chi connectivity index (χ0) is 11.4. The highest BCUT2D eigenvalue weighted by atomic mass is 32.1. The van der Waals surface area contributed by atoms with Gasteiger partial charge in [0.2, 0.25) is 0 Å². The lowest BCUT2D eigenvalue weighted by Crippen LogP contribution is -2.11. The molecule has 0 unspecified atom stereocenters. The molecule has 0 amide bonds. The van der Waals surface area contributed by atoms with Crippen LogP contribution in [0.1, 0.15) is 55.5 Å². The highest BCUT2D eigenvalue weighted by Gasteiger charge is 2.22. The van der Waals surface area contributed by atoms with Crippen LogP contribution in [0.4, 0.5) is 0 Å². The van der Waals surface area contributed by atoms with Crippen molar-refractivity contribution in [1.29, 1.82) is 0 Å². The summed E-state index contributed by atoms with van der Waals surface area (Å²) in [5.41, 5.74) is 0. The average Bonchev–Trinajstić information content (AvgIpc) is 2.76. The molecule has 1 aromatic heterocycles. The van der Waals surface area contributed by atoms with Crippen LogP contribution >= 0.6 is 11.3 Å². The number of aromatic nitrogens is 2. The number of nitrogens with one attached hydrogen (secondary N) is 1. The summed E-state index contributed by atoms with van der Waals surface area (Å²) in [6, 6.07) is 0. The first-order chi connectivity index (χ1) is 7.79. The van der Waals surface area contributed by atoms with E-state index in [0.717, 1.165) is 24.0 Å². The molecule has 0 aliphatic heterocycles. The highest BCUT2D eigenvalue weighted by Crippen LogP contribution is 2.36. The predicted octanol–water partition coefficient (Wildman–Crippen LogP) is 2.94. The van der Waals surface area contributed by atoms with E-state index < -0.39 is 0 Å². The molecule has 0 spiro atoms. The van der Waals surface area contributed by atoms with Crippen molar-refractivity contribution in [3.05, 3.63) is 10.0 Å². The maximum Gasteiger partial charge on any atom is 0.131 e. The molecular weight excluding hydrogens is 218 g/mol. The van der Waals surface area contributed by atoms with Gasteiger partial charge in [-0.25, -0.2) is 0 Å². The van der Waals surface area contributed by atoms with Crippen LogP contribution in [0.15, 0.2) is 0 Å². The Balaban J connectivity index is 1.91. The van der Waals surface area contributed by atoms with Crippen molar-refractivity contribution >= 4 is 11.3 Å². The van der Waals surface area contributed by atoms with Gasteiger partial charge < -0.3 is 5.32 Å². The molecular formula is C12H21N3S. The third-order valence-corrected chi connectivity index (χ3v) is 4.46. The fourth-order valence-electron chi connectivity index (χ4n) is 2.24. The van der Waals surface area contributed by atoms with Crippen LogP contribution in [0.3, 0.4) is 0 Å². The topological polar surface area (TPSA) is 37.8 Å². The van der Waals surface area contributed by atoms with Crippen molar-refractivity contribution in [3.63, 3.8) is 0 Å². The molecule has 1 aliphatic carbocycles. The summed E-state index contributed by atoms with van der Waals surface area (Å²) < 4.78 is 0. The van der Waals surface area contributed by atoms with Gasteiger partial charge in [0.1, 0.15) is 10.0 Å². The minimum atomic E-state index is 0.684. The molecule has 90 valence electrons. The Morgan fingerprint density at radius 2 is 2.00 bits per heavy atom. The molecule has 1 heterocycles. The van der Waals surface area contributed by atoms with Gasteiger partial charge in [0, 0.05) is 12.5 Å². The molecule has 0 radical (unpaired) electrons. The minimum Gasteiger partial charge on any atom is -0.311 e. The van der Waals surface area contributed by atoms with Gasteiger partial charge in [-0.3, -0.25) is 0 Å². The standard InChI is InChI=1S/C12H21N3S/c1-3-13-8-11-14-15-12(16-11)10-6-4-9(2)5-7-10/h9-10,13H,3-8H2,1-2H3. The zero-order valence-corrected chi connectivity index (χ0v) is 11.0. The Morgan fingerprint density at radius 1 is 1.25 bits per heavy atom. The van der Waals surface area contributed by atoms with Crippen molar-refractivity contribution in [2.45, 2.75) is 52.0 Å². The predicted molar refractivity (Wildman–Crippen MR) is 67.7 cm³/mol. The van der Waals surface area contributed by atoms with Gasteiger partial charge >= 0.3 is 0 Å². The Hall–Kier alpha value is -0.480. The molecule has 1 N–H and O–H groups in total. The van der Waals surface area contributed by atoms with Crippen LogP contribution in [-0.2, 0) is 6.54 Å².